The van der Waals surface area contributed by atoms with Gasteiger partial charge in [0.05, 0.1) is 12.7 Å². The molecule has 1 amide bonds. The highest BCUT2D eigenvalue weighted by Crippen LogP contribution is 2.16. The van der Waals surface area contributed by atoms with Crippen molar-refractivity contribution in [1.29, 1.82) is 0 Å². The van der Waals surface area contributed by atoms with Crippen molar-refractivity contribution in [1.82, 2.24) is 9.97 Å². The van der Waals surface area contributed by atoms with Crippen LogP contribution in [0.1, 0.15) is 15.9 Å². The molecule has 0 radical (unpaired) electrons. The lowest BCUT2D eigenvalue weighted by Gasteiger charge is -2.18. The van der Waals surface area contributed by atoms with Gasteiger partial charge in [0.2, 0.25) is 0 Å². The summed E-state index contributed by atoms with van der Waals surface area (Å²) in [7, 11) is 3.59. The summed E-state index contributed by atoms with van der Waals surface area (Å²) in [5, 5.41) is 2.85. The van der Waals surface area contributed by atoms with Gasteiger partial charge in [-0.25, -0.2) is 4.98 Å². The fraction of sp³-hybridized carbons (Fsp3) is 0.190. The summed E-state index contributed by atoms with van der Waals surface area (Å²) in [5.74, 6) is 1.37. The molecule has 0 aliphatic rings. The summed E-state index contributed by atoms with van der Waals surface area (Å²) < 4.78 is 5.11. The molecule has 1 aromatic carbocycles. The molecule has 0 unspecified atom stereocenters. The molecule has 0 aliphatic carbocycles. The van der Waals surface area contributed by atoms with E-state index in [0.29, 0.717) is 11.3 Å². The second-order valence-electron chi connectivity index (χ2n) is 6.11. The lowest BCUT2D eigenvalue weighted by molar-refractivity contribution is 0.102. The molecule has 27 heavy (non-hydrogen) atoms. The number of methoxy groups -OCH3 is 1. The minimum Gasteiger partial charge on any atom is -0.497 e. The maximum atomic E-state index is 12.4. The highest BCUT2D eigenvalue weighted by atomic mass is 16.5. The standard InChI is InChI=1S/C21H22N4O2/c1-25(14-11-16-9-12-22-13-10-16)20-8-3-17(15-23-20)21(26)24-18-4-6-19(27-2)7-5-18/h3-10,12-13,15H,11,14H2,1-2H3,(H,24,26). The van der Waals surface area contributed by atoms with Crippen molar-refractivity contribution in [3.63, 3.8) is 0 Å². The largest absolute Gasteiger partial charge is 0.497 e. The Labute approximate surface area is 158 Å². The first kappa shape index (κ1) is 18.4. The molecule has 6 heteroatoms. The number of likely N-dealkylation sites (N-methyl/N-ethyl adjacent to an activating group) is 1. The van der Waals surface area contributed by atoms with E-state index in [-0.39, 0.29) is 5.91 Å². The number of anilines is 2. The van der Waals surface area contributed by atoms with E-state index in [1.165, 1.54) is 5.56 Å². The maximum Gasteiger partial charge on any atom is 0.257 e. The summed E-state index contributed by atoms with van der Waals surface area (Å²) in [6.45, 7) is 0.828. The number of ether oxygens (including phenoxy) is 1. The van der Waals surface area contributed by atoms with Gasteiger partial charge < -0.3 is 15.0 Å². The van der Waals surface area contributed by atoms with E-state index < -0.39 is 0 Å². The summed E-state index contributed by atoms with van der Waals surface area (Å²) in [4.78, 5) is 22.9. The zero-order chi connectivity index (χ0) is 19.1. The van der Waals surface area contributed by atoms with Crippen LogP contribution >= 0.6 is 0 Å². The number of amides is 1. The van der Waals surface area contributed by atoms with Crippen LogP contribution in [0, 0.1) is 0 Å². The number of carbonyl (C=O) groups excluding carboxylic acids is 1. The molecule has 0 fully saturated rings. The highest BCUT2D eigenvalue weighted by Gasteiger charge is 2.09. The molecule has 1 N–H and O–H groups in total. The van der Waals surface area contributed by atoms with Crippen molar-refractivity contribution in [3.8, 4) is 5.75 Å². The minimum atomic E-state index is -0.196. The maximum absolute atomic E-state index is 12.4. The third-order valence-electron chi connectivity index (χ3n) is 4.23. The molecule has 2 heterocycles. The topological polar surface area (TPSA) is 67.3 Å². The quantitative estimate of drug-likeness (QED) is 0.698. The first-order valence-corrected chi connectivity index (χ1v) is 8.67. The van der Waals surface area contributed by atoms with Gasteiger partial charge in [-0.1, -0.05) is 0 Å². The summed E-state index contributed by atoms with van der Waals surface area (Å²) in [5.41, 5.74) is 2.45. The fourth-order valence-corrected chi connectivity index (χ4v) is 2.58. The Morgan fingerprint density at radius 1 is 1.07 bits per heavy atom. The Hall–Kier alpha value is -3.41. The number of carbonyl (C=O) groups is 1. The van der Waals surface area contributed by atoms with Crippen LogP contribution < -0.4 is 15.0 Å². The molecule has 0 saturated carbocycles. The van der Waals surface area contributed by atoms with E-state index in [2.05, 4.69) is 20.2 Å². The van der Waals surface area contributed by atoms with E-state index in [1.807, 2.05) is 25.2 Å². The smallest absolute Gasteiger partial charge is 0.257 e. The highest BCUT2D eigenvalue weighted by molar-refractivity contribution is 6.04. The average molecular weight is 362 g/mol. The molecule has 3 rings (SSSR count). The molecule has 0 saturated heterocycles. The predicted octanol–water partition coefficient (Wildman–Crippen LogP) is 3.42. The zero-order valence-corrected chi connectivity index (χ0v) is 15.4. The van der Waals surface area contributed by atoms with Crippen LogP contribution in [0.3, 0.4) is 0 Å². The SMILES string of the molecule is COc1ccc(NC(=O)c2ccc(N(C)CCc3ccncc3)nc2)cc1. The van der Waals surface area contributed by atoms with Crippen molar-refractivity contribution in [3.05, 3.63) is 78.2 Å². The van der Waals surface area contributed by atoms with Gasteiger partial charge in [0.25, 0.3) is 5.91 Å². The molecule has 0 spiro atoms. The van der Waals surface area contributed by atoms with E-state index in [0.717, 1.165) is 24.5 Å². The Morgan fingerprint density at radius 2 is 1.81 bits per heavy atom. The van der Waals surface area contributed by atoms with Gasteiger partial charge in [0, 0.05) is 37.9 Å². The van der Waals surface area contributed by atoms with E-state index >= 15 is 0 Å². The van der Waals surface area contributed by atoms with Gasteiger partial charge in [-0.15, -0.1) is 0 Å². The Kier molecular flexibility index (Phi) is 5.99. The fourth-order valence-electron chi connectivity index (χ4n) is 2.58. The van der Waals surface area contributed by atoms with Gasteiger partial charge in [-0.3, -0.25) is 9.78 Å². The third kappa shape index (κ3) is 5.04. The Morgan fingerprint density at radius 3 is 2.44 bits per heavy atom. The average Bonchev–Trinajstić information content (AvgIpc) is 2.73. The van der Waals surface area contributed by atoms with E-state index in [1.54, 1.807) is 56.0 Å². The summed E-state index contributed by atoms with van der Waals surface area (Å²) in [6, 6.07) is 14.8. The monoisotopic (exact) mass is 362 g/mol. The Bertz CT molecular complexity index is 865. The molecular weight excluding hydrogens is 340 g/mol. The minimum absolute atomic E-state index is 0.196. The first-order valence-electron chi connectivity index (χ1n) is 8.67. The van der Waals surface area contributed by atoms with Crippen molar-refractivity contribution in [2.24, 2.45) is 0 Å². The number of nitrogens with one attached hydrogen (secondary N) is 1. The van der Waals surface area contributed by atoms with Crippen LogP contribution in [-0.4, -0.2) is 36.6 Å². The summed E-state index contributed by atoms with van der Waals surface area (Å²) in [6.07, 6.45) is 6.09. The van der Waals surface area contributed by atoms with Gasteiger partial charge in [0.15, 0.2) is 0 Å². The molecule has 0 bridgehead atoms. The molecule has 6 nitrogen and oxygen atoms in total. The van der Waals surface area contributed by atoms with Gasteiger partial charge >= 0.3 is 0 Å². The van der Waals surface area contributed by atoms with Crippen molar-refractivity contribution < 1.29 is 9.53 Å². The number of rotatable bonds is 7. The molecular formula is C21H22N4O2. The number of pyridine rings is 2. The number of hydrogen-bond acceptors (Lipinski definition) is 5. The number of benzene rings is 1. The van der Waals surface area contributed by atoms with Gasteiger partial charge in [0.1, 0.15) is 11.6 Å². The second kappa shape index (κ2) is 8.80. The lowest BCUT2D eigenvalue weighted by atomic mass is 10.2. The Balaban J connectivity index is 1.57. The molecule has 0 atom stereocenters. The van der Waals surface area contributed by atoms with Gasteiger partial charge in [-0.05, 0) is 60.5 Å². The summed E-state index contributed by atoms with van der Waals surface area (Å²) >= 11 is 0. The number of aromatic nitrogens is 2. The van der Waals surface area contributed by atoms with Crippen molar-refractivity contribution in [2.75, 3.05) is 30.9 Å². The van der Waals surface area contributed by atoms with Crippen molar-refractivity contribution in [2.45, 2.75) is 6.42 Å². The lowest BCUT2D eigenvalue weighted by Crippen LogP contribution is -2.21. The van der Waals surface area contributed by atoms with Gasteiger partial charge in [-0.2, -0.15) is 0 Å². The third-order valence-corrected chi connectivity index (χ3v) is 4.23. The molecule has 3 aromatic rings. The second-order valence-corrected chi connectivity index (χ2v) is 6.11. The van der Waals surface area contributed by atoms with Crippen molar-refractivity contribution >= 4 is 17.4 Å². The number of nitrogens with zero attached hydrogens (tertiary/aromatic N) is 3. The predicted molar refractivity (Wildman–Crippen MR) is 106 cm³/mol. The van der Waals surface area contributed by atoms with E-state index in [4.69, 9.17) is 4.74 Å². The van der Waals surface area contributed by atoms with E-state index in [9.17, 15) is 4.79 Å². The van der Waals surface area contributed by atoms with Crippen LogP contribution in [0.15, 0.2) is 67.1 Å². The first-order chi connectivity index (χ1) is 13.2. The van der Waals surface area contributed by atoms with Crippen LogP contribution in [0.2, 0.25) is 0 Å². The normalized spacial score (nSPS) is 10.3. The zero-order valence-electron chi connectivity index (χ0n) is 15.4. The van der Waals surface area contributed by atoms with Crippen LogP contribution in [0.5, 0.6) is 5.75 Å². The number of hydrogen-bond donors (Lipinski definition) is 1. The van der Waals surface area contributed by atoms with Crippen LogP contribution in [-0.2, 0) is 6.42 Å². The molecule has 138 valence electrons. The molecule has 0 aliphatic heterocycles. The van der Waals surface area contributed by atoms with Crippen LogP contribution in [0.25, 0.3) is 0 Å². The van der Waals surface area contributed by atoms with Crippen LogP contribution in [0.4, 0.5) is 11.5 Å². The molecule has 2 aromatic heterocycles.